The molecule has 0 bridgehead atoms. The molecule has 2 aromatic carbocycles. The molecule has 0 unspecified atom stereocenters. The Labute approximate surface area is 174 Å². The summed E-state index contributed by atoms with van der Waals surface area (Å²) >= 11 is 0. The van der Waals surface area contributed by atoms with E-state index < -0.39 is 5.97 Å². The highest BCUT2D eigenvalue weighted by Crippen LogP contribution is 2.37. The van der Waals surface area contributed by atoms with Crippen LogP contribution < -0.4 is 5.32 Å². The Hall–Kier alpha value is -2.62. The second kappa shape index (κ2) is 10.2. The van der Waals surface area contributed by atoms with Crippen LogP contribution in [0.3, 0.4) is 0 Å². The zero-order valence-corrected chi connectivity index (χ0v) is 17.9. The van der Waals surface area contributed by atoms with Gasteiger partial charge in [-0.15, -0.1) is 0 Å². The van der Waals surface area contributed by atoms with Crippen molar-refractivity contribution in [3.8, 4) is 0 Å². The first-order valence-electron chi connectivity index (χ1n) is 10.4. The number of carbonyl (C=O) groups excluding carboxylic acids is 1. The van der Waals surface area contributed by atoms with Crippen LogP contribution in [0.15, 0.2) is 54.6 Å². The third kappa shape index (κ3) is 7.04. The van der Waals surface area contributed by atoms with Crippen LogP contribution in [0.2, 0.25) is 0 Å². The number of carboxylic acid groups (broad SMARTS) is 1. The third-order valence-corrected chi connectivity index (χ3v) is 5.12. The van der Waals surface area contributed by atoms with Crippen molar-refractivity contribution in [1.82, 2.24) is 5.32 Å². The van der Waals surface area contributed by atoms with Crippen LogP contribution in [0.1, 0.15) is 66.8 Å². The maximum atomic E-state index is 12.7. The topological polar surface area (TPSA) is 66.4 Å². The lowest BCUT2D eigenvalue weighted by molar-refractivity contribution is 0.0696. The molecule has 2 N–H and O–H groups in total. The number of aromatic carboxylic acids is 1. The van der Waals surface area contributed by atoms with Crippen molar-refractivity contribution in [2.45, 2.75) is 47.0 Å². The summed E-state index contributed by atoms with van der Waals surface area (Å²) in [6, 6.07) is 16.4. The summed E-state index contributed by atoms with van der Waals surface area (Å²) in [5.41, 5.74) is 1.98. The Kier molecular flexibility index (Phi) is 8.00. The van der Waals surface area contributed by atoms with Crippen LogP contribution in [0.25, 0.3) is 0 Å². The van der Waals surface area contributed by atoms with E-state index in [-0.39, 0.29) is 11.3 Å². The zero-order valence-electron chi connectivity index (χ0n) is 17.9. The number of hydrogen-bond donors (Lipinski definition) is 2. The lowest BCUT2D eigenvalue weighted by atomic mass is 9.70. The van der Waals surface area contributed by atoms with E-state index in [1.165, 1.54) is 0 Å². The van der Waals surface area contributed by atoms with Crippen molar-refractivity contribution in [2.24, 2.45) is 17.3 Å². The maximum Gasteiger partial charge on any atom is 0.335 e. The maximum absolute atomic E-state index is 12.7. The van der Waals surface area contributed by atoms with Gasteiger partial charge in [0.1, 0.15) is 0 Å². The van der Waals surface area contributed by atoms with Gasteiger partial charge in [-0.1, -0.05) is 58.0 Å². The van der Waals surface area contributed by atoms with Gasteiger partial charge in [-0.2, -0.15) is 0 Å². The summed E-state index contributed by atoms with van der Waals surface area (Å²) in [5.74, 6) is 0.00681. The van der Waals surface area contributed by atoms with E-state index in [4.69, 9.17) is 5.11 Å². The molecule has 0 aromatic heterocycles. The highest BCUT2D eigenvalue weighted by Gasteiger charge is 2.33. The second-order valence-corrected chi connectivity index (χ2v) is 8.92. The third-order valence-electron chi connectivity index (χ3n) is 5.12. The van der Waals surface area contributed by atoms with Gasteiger partial charge < -0.3 is 10.4 Å². The van der Waals surface area contributed by atoms with Gasteiger partial charge >= 0.3 is 5.97 Å². The number of hydrogen-bond acceptors (Lipinski definition) is 2. The van der Waals surface area contributed by atoms with Crippen molar-refractivity contribution < 1.29 is 14.7 Å². The Balaban J connectivity index is 2.25. The fourth-order valence-electron chi connectivity index (χ4n) is 4.32. The van der Waals surface area contributed by atoms with Gasteiger partial charge in [0.05, 0.1) is 5.56 Å². The molecule has 0 fully saturated rings. The molecule has 0 saturated carbocycles. The minimum Gasteiger partial charge on any atom is -0.478 e. The lowest BCUT2D eigenvalue weighted by Gasteiger charge is -2.37. The lowest BCUT2D eigenvalue weighted by Crippen LogP contribution is -2.41. The molecule has 0 heterocycles. The molecule has 0 aliphatic rings. The molecule has 1 amide bonds. The summed E-state index contributed by atoms with van der Waals surface area (Å²) in [5, 5.41) is 12.3. The molecule has 156 valence electrons. The number of benzene rings is 2. The standard InChI is InChI=1S/C25H33NO3/c1-18(2)14-25(15-19(3)4,16-20-10-12-22(13-11-20)24(28)29)17-26-23(27)21-8-6-5-7-9-21/h5-13,18-19H,14-17H2,1-4H3,(H,26,27)(H,28,29). The molecule has 29 heavy (non-hydrogen) atoms. The average molecular weight is 396 g/mol. The van der Waals surface area contributed by atoms with E-state index >= 15 is 0 Å². The van der Waals surface area contributed by atoms with E-state index in [9.17, 15) is 9.59 Å². The number of amides is 1. The van der Waals surface area contributed by atoms with Crippen LogP contribution in [0.5, 0.6) is 0 Å². The summed E-state index contributed by atoms with van der Waals surface area (Å²) in [6.07, 6.45) is 2.78. The Morgan fingerprint density at radius 2 is 1.41 bits per heavy atom. The number of carbonyl (C=O) groups is 2. The van der Waals surface area contributed by atoms with E-state index in [1.807, 2.05) is 42.5 Å². The first kappa shape index (κ1) is 22.7. The van der Waals surface area contributed by atoms with Crippen LogP contribution in [-0.4, -0.2) is 23.5 Å². The molecule has 4 nitrogen and oxygen atoms in total. The molecule has 4 heteroatoms. The normalized spacial score (nSPS) is 11.7. The number of rotatable bonds is 10. The number of carboxylic acids is 1. The predicted octanol–water partition coefficient (Wildman–Crippen LogP) is 5.44. The van der Waals surface area contributed by atoms with Gasteiger partial charge in [-0.3, -0.25) is 4.79 Å². The Morgan fingerprint density at radius 3 is 1.90 bits per heavy atom. The second-order valence-electron chi connectivity index (χ2n) is 8.92. The molecule has 2 aromatic rings. The van der Waals surface area contributed by atoms with Gasteiger partial charge in [0.25, 0.3) is 5.91 Å². The smallest absolute Gasteiger partial charge is 0.335 e. The highest BCUT2D eigenvalue weighted by molar-refractivity contribution is 5.94. The fourth-order valence-corrected chi connectivity index (χ4v) is 4.32. The average Bonchev–Trinajstić information content (AvgIpc) is 2.66. The van der Waals surface area contributed by atoms with Gasteiger partial charge in [0.15, 0.2) is 0 Å². The van der Waals surface area contributed by atoms with Gasteiger partial charge in [0.2, 0.25) is 0 Å². The van der Waals surface area contributed by atoms with Crippen LogP contribution in [0, 0.1) is 17.3 Å². The van der Waals surface area contributed by atoms with E-state index in [0.717, 1.165) is 24.8 Å². The quantitative estimate of drug-likeness (QED) is 0.563. The minimum absolute atomic E-state index is 0.0521. The molecule has 0 aliphatic heterocycles. The van der Waals surface area contributed by atoms with Crippen molar-refractivity contribution in [2.75, 3.05) is 6.54 Å². The molecule has 0 radical (unpaired) electrons. The molecular weight excluding hydrogens is 362 g/mol. The van der Waals surface area contributed by atoms with E-state index in [2.05, 4.69) is 33.0 Å². The van der Waals surface area contributed by atoms with Crippen molar-refractivity contribution in [3.63, 3.8) is 0 Å². The van der Waals surface area contributed by atoms with Crippen molar-refractivity contribution in [3.05, 3.63) is 71.3 Å². The van der Waals surface area contributed by atoms with Crippen molar-refractivity contribution in [1.29, 1.82) is 0 Å². The predicted molar refractivity (Wildman–Crippen MR) is 117 cm³/mol. The van der Waals surface area contributed by atoms with Crippen molar-refractivity contribution >= 4 is 11.9 Å². The number of nitrogens with one attached hydrogen (secondary N) is 1. The fraction of sp³-hybridized carbons (Fsp3) is 0.440. The van der Waals surface area contributed by atoms with Gasteiger partial charge in [-0.25, -0.2) is 4.79 Å². The summed E-state index contributed by atoms with van der Waals surface area (Å²) in [4.78, 5) is 23.8. The SMILES string of the molecule is CC(C)CC(CNC(=O)c1ccccc1)(Cc1ccc(C(=O)O)cc1)CC(C)C. The van der Waals surface area contributed by atoms with E-state index in [0.29, 0.717) is 29.5 Å². The Morgan fingerprint density at radius 1 is 0.862 bits per heavy atom. The van der Waals surface area contributed by atoms with E-state index in [1.54, 1.807) is 12.1 Å². The van der Waals surface area contributed by atoms with Gasteiger partial charge in [0, 0.05) is 12.1 Å². The monoisotopic (exact) mass is 395 g/mol. The molecule has 0 aliphatic carbocycles. The Bertz CT molecular complexity index is 785. The molecular formula is C25H33NO3. The van der Waals surface area contributed by atoms with Crippen LogP contribution >= 0.6 is 0 Å². The first-order chi connectivity index (χ1) is 13.7. The molecule has 0 saturated heterocycles. The molecule has 2 rings (SSSR count). The molecule has 0 atom stereocenters. The first-order valence-corrected chi connectivity index (χ1v) is 10.4. The van der Waals surface area contributed by atoms with Gasteiger partial charge in [-0.05, 0) is 66.3 Å². The minimum atomic E-state index is -0.915. The molecule has 0 spiro atoms. The zero-order chi connectivity index (χ0) is 21.4. The van der Waals surface area contributed by atoms with Crippen LogP contribution in [-0.2, 0) is 6.42 Å². The van der Waals surface area contributed by atoms with Crippen LogP contribution in [0.4, 0.5) is 0 Å². The largest absolute Gasteiger partial charge is 0.478 e. The summed E-state index contributed by atoms with van der Waals surface area (Å²) < 4.78 is 0. The summed E-state index contributed by atoms with van der Waals surface area (Å²) in [7, 11) is 0. The summed E-state index contributed by atoms with van der Waals surface area (Å²) in [6.45, 7) is 9.43. The highest BCUT2D eigenvalue weighted by atomic mass is 16.4.